The van der Waals surface area contributed by atoms with Gasteiger partial charge in [-0.3, -0.25) is 14.5 Å². The van der Waals surface area contributed by atoms with Crippen molar-refractivity contribution in [2.45, 2.75) is 51.1 Å². The molecule has 0 aliphatic heterocycles. The van der Waals surface area contributed by atoms with Crippen molar-refractivity contribution < 1.29 is 18.7 Å². The van der Waals surface area contributed by atoms with Gasteiger partial charge < -0.3 is 15.0 Å². The minimum Gasteiger partial charge on any atom is -0.492 e. The molecule has 40 heavy (non-hydrogen) atoms. The van der Waals surface area contributed by atoms with E-state index >= 15 is 0 Å². The second-order valence-electron chi connectivity index (χ2n) is 10.0. The number of ether oxygens (including phenoxy) is 1. The Morgan fingerprint density at radius 1 is 0.925 bits per heavy atom. The quantitative estimate of drug-likeness (QED) is 0.239. The minimum atomic E-state index is -1.06. The highest BCUT2D eigenvalue weighted by Crippen LogP contribution is 2.37. The van der Waals surface area contributed by atoms with E-state index in [4.69, 9.17) is 4.74 Å². The van der Waals surface area contributed by atoms with E-state index in [1.807, 2.05) is 55.5 Å². The summed E-state index contributed by atoms with van der Waals surface area (Å²) in [5, 5.41) is 3.19. The van der Waals surface area contributed by atoms with Gasteiger partial charge in [-0.2, -0.15) is 0 Å². The number of nitrogens with zero attached hydrogens (tertiary/aromatic N) is 1. The fourth-order valence-corrected chi connectivity index (χ4v) is 5.33. The van der Waals surface area contributed by atoms with Gasteiger partial charge in [0.1, 0.15) is 23.3 Å². The standard InChI is InChI=1S/C33H34FN3O3/c1-2-40-30-16-10-9-15-29(30)37(33(39)28-22-21-27(36-28)23-11-5-3-6-12-23)31(24-17-19-25(34)20-18-24)32(38)35-26-13-7-4-8-14-26/h3,5-6,9-12,15-22,26,31,36H,2,4,7-8,13-14H2,1H3,(H,35,38)/t31-/m0/s1. The van der Waals surface area contributed by atoms with Gasteiger partial charge in [0.05, 0.1) is 12.3 Å². The second-order valence-corrected chi connectivity index (χ2v) is 10.0. The molecule has 3 aromatic carbocycles. The number of anilines is 1. The number of halogens is 1. The number of benzene rings is 3. The first-order chi connectivity index (χ1) is 19.5. The summed E-state index contributed by atoms with van der Waals surface area (Å²) in [4.78, 5) is 33.2. The Balaban J connectivity index is 1.61. The molecule has 7 heteroatoms. The Kier molecular flexibility index (Phi) is 8.59. The normalized spacial score (nSPS) is 14.3. The van der Waals surface area contributed by atoms with Crippen LogP contribution in [0.1, 0.15) is 61.1 Å². The predicted octanol–water partition coefficient (Wildman–Crippen LogP) is 7.06. The topological polar surface area (TPSA) is 74.4 Å². The molecule has 5 rings (SSSR count). The summed E-state index contributed by atoms with van der Waals surface area (Å²) < 4.78 is 19.9. The molecular weight excluding hydrogens is 505 g/mol. The first kappa shape index (κ1) is 27.2. The van der Waals surface area contributed by atoms with E-state index in [0.29, 0.717) is 29.3 Å². The Bertz CT molecular complexity index is 1430. The Morgan fingerprint density at radius 2 is 1.62 bits per heavy atom. The van der Waals surface area contributed by atoms with E-state index in [2.05, 4.69) is 10.3 Å². The largest absolute Gasteiger partial charge is 0.492 e. The van der Waals surface area contributed by atoms with E-state index in [0.717, 1.165) is 43.4 Å². The van der Waals surface area contributed by atoms with Gasteiger partial charge in [0.15, 0.2) is 0 Å². The maximum absolute atomic E-state index is 14.4. The molecule has 0 bridgehead atoms. The molecule has 4 aromatic rings. The van der Waals surface area contributed by atoms with Crippen molar-refractivity contribution in [2.24, 2.45) is 0 Å². The molecule has 0 saturated heterocycles. The average Bonchev–Trinajstić information content (AvgIpc) is 3.48. The van der Waals surface area contributed by atoms with Gasteiger partial charge in [0.2, 0.25) is 5.91 Å². The summed E-state index contributed by atoms with van der Waals surface area (Å²) in [6.07, 6.45) is 5.03. The highest BCUT2D eigenvalue weighted by atomic mass is 19.1. The molecule has 1 aromatic heterocycles. The van der Waals surface area contributed by atoms with Crippen LogP contribution in [-0.4, -0.2) is 29.4 Å². The van der Waals surface area contributed by atoms with Gasteiger partial charge in [-0.05, 0) is 67.3 Å². The molecular formula is C33H34FN3O3. The van der Waals surface area contributed by atoms with Gasteiger partial charge in [0, 0.05) is 11.7 Å². The third-order valence-electron chi connectivity index (χ3n) is 7.29. The van der Waals surface area contributed by atoms with Crippen molar-refractivity contribution in [1.29, 1.82) is 0 Å². The van der Waals surface area contributed by atoms with Crippen LogP contribution < -0.4 is 15.0 Å². The zero-order valence-corrected chi connectivity index (χ0v) is 22.6. The van der Waals surface area contributed by atoms with Crippen LogP contribution >= 0.6 is 0 Å². The summed E-state index contributed by atoms with van der Waals surface area (Å²) in [5.41, 5.74) is 3.00. The van der Waals surface area contributed by atoms with Crippen molar-refractivity contribution in [3.05, 3.63) is 108 Å². The Morgan fingerprint density at radius 3 is 2.35 bits per heavy atom. The van der Waals surface area contributed by atoms with E-state index in [-0.39, 0.29) is 11.9 Å². The smallest absolute Gasteiger partial charge is 0.275 e. The fraction of sp³-hybridized carbons (Fsp3) is 0.273. The summed E-state index contributed by atoms with van der Waals surface area (Å²) in [6, 6.07) is 25.2. The van der Waals surface area contributed by atoms with Gasteiger partial charge in [0.25, 0.3) is 5.91 Å². The highest BCUT2D eigenvalue weighted by molar-refractivity contribution is 6.10. The van der Waals surface area contributed by atoms with Crippen LogP contribution in [0.5, 0.6) is 5.75 Å². The molecule has 0 unspecified atom stereocenters. The predicted molar refractivity (Wildman–Crippen MR) is 155 cm³/mol. The number of carbonyl (C=O) groups excluding carboxylic acids is 2. The average molecular weight is 540 g/mol. The van der Waals surface area contributed by atoms with E-state index in [1.54, 1.807) is 30.3 Å². The number of rotatable bonds is 9. The van der Waals surface area contributed by atoms with Crippen LogP contribution in [0.2, 0.25) is 0 Å². The molecule has 206 valence electrons. The number of amides is 2. The number of aromatic amines is 1. The second kappa shape index (κ2) is 12.6. The highest BCUT2D eigenvalue weighted by Gasteiger charge is 2.36. The van der Waals surface area contributed by atoms with Crippen LogP contribution in [0.15, 0.2) is 91.0 Å². The molecule has 1 fully saturated rings. The molecule has 2 amide bonds. The van der Waals surface area contributed by atoms with Crippen LogP contribution in [0, 0.1) is 5.82 Å². The van der Waals surface area contributed by atoms with E-state index in [1.165, 1.54) is 17.0 Å². The zero-order valence-electron chi connectivity index (χ0n) is 22.6. The molecule has 1 atom stereocenters. The molecule has 0 radical (unpaired) electrons. The summed E-state index contributed by atoms with van der Waals surface area (Å²) in [6.45, 7) is 2.25. The van der Waals surface area contributed by atoms with Crippen LogP contribution in [0.3, 0.4) is 0 Å². The molecule has 1 saturated carbocycles. The number of para-hydroxylation sites is 2. The van der Waals surface area contributed by atoms with E-state index in [9.17, 15) is 14.0 Å². The van der Waals surface area contributed by atoms with Gasteiger partial charge in [-0.1, -0.05) is 73.9 Å². The number of carbonyl (C=O) groups is 2. The monoisotopic (exact) mass is 539 g/mol. The van der Waals surface area contributed by atoms with Gasteiger partial charge in [-0.25, -0.2) is 4.39 Å². The maximum Gasteiger partial charge on any atom is 0.275 e. The van der Waals surface area contributed by atoms with Crippen molar-refractivity contribution in [3.63, 3.8) is 0 Å². The maximum atomic E-state index is 14.4. The van der Waals surface area contributed by atoms with Gasteiger partial charge >= 0.3 is 0 Å². The molecule has 0 spiro atoms. The molecule has 1 heterocycles. The first-order valence-electron chi connectivity index (χ1n) is 13.9. The number of aromatic nitrogens is 1. The van der Waals surface area contributed by atoms with Crippen molar-refractivity contribution in [2.75, 3.05) is 11.5 Å². The number of hydrogen-bond acceptors (Lipinski definition) is 3. The van der Waals surface area contributed by atoms with Crippen molar-refractivity contribution in [1.82, 2.24) is 10.3 Å². The van der Waals surface area contributed by atoms with Crippen LogP contribution in [-0.2, 0) is 4.79 Å². The lowest BCUT2D eigenvalue weighted by molar-refractivity contribution is -0.123. The third-order valence-corrected chi connectivity index (χ3v) is 7.29. The van der Waals surface area contributed by atoms with E-state index < -0.39 is 17.8 Å². The summed E-state index contributed by atoms with van der Waals surface area (Å²) in [7, 11) is 0. The van der Waals surface area contributed by atoms with Crippen molar-refractivity contribution in [3.8, 4) is 17.0 Å². The first-order valence-corrected chi connectivity index (χ1v) is 13.9. The molecule has 2 N–H and O–H groups in total. The number of hydrogen-bond donors (Lipinski definition) is 2. The summed E-state index contributed by atoms with van der Waals surface area (Å²) >= 11 is 0. The van der Waals surface area contributed by atoms with Crippen molar-refractivity contribution >= 4 is 17.5 Å². The van der Waals surface area contributed by atoms with Crippen LogP contribution in [0.25, 0.3) is 11.3 Å². The van der Waals surface area contributed by atoms with Crippen LogP contribution in [0.4, 0.5) is 10.1 Å². The Hall–Kier alpha value is -4.39. The molecule has 1 aliphatic carbocycles. The lowest BCUT2D eigenvalue weighted by Gasteiger charge is -2.34. The fourth-order valence-electron chi connectivity index (χ4n) is 5.33. The minimum absolute atomic E-state index is 0.0263. The molecule has 6 nitrogen and oxygen atoms in total. The zero-order chi connectivity index (χ0) is 27.9. The summed E-state index contributed by atoms with van der Waals surface area (Å²) in [5.74, 6) is -0.652. The third kappa shape index (κ3) is 6.09. The lowest BCUT2D eigenvalue weighted by Crippen LogP contribution is -2.47. The van der Waals surface area contributed by atoms with Gasteiger partial charge in [-0.15, -0.1) is 0 Å². The number of H-pyrrole nitrogens is 1. The molecule has 1 aliphatic rings. The number of nitrogens with one attached hydrogen (secondary N) is 2. The SMILES string of the molecule is CCOc1ccccc1N(C(=O)c1ccc(-c2ccccc2)[nH]1)[C@H](C(=O)NC1CCCCC1)c1ccc(F)cc1. The lowest BCUT2D eigenvalue weighted by atomic mass is 9.94. The Labute approximate surface area is 234 Å².